The number of hydrogen-bond acceptors (Lipinski definition) is 12. The Balaban J connectivity index is 1.60. The highest BCUT2D eigenvalue weighted by molar-refractivity contribution is 7.22. The maximum Gasteiger partial charge on any atom is 0.350 e. The largest absolute Gasteiger partial charge is 0.477 e. The van der Waals surface area contributed by atoms with Gasteiger partial charge in [0.25, 0.3) is 5.91 Å². The van der Waals surface area contributed by atoms with Crippen LogP contribution in [0.2, 0.25) is 0 Å². The van der Waals surface area contributed by atoms with Gasteiger partial charge in [-0.25, -0.2) is 14.8 Å². The van der Waals surface area contributed by atoms with Crippen LogP contribution in [-0.4, -0.2) is 41.7 Å². The molecule has 0 saturated heterocycles. The van der Waals surface area contributed by atoms with Crippen LogP contribution in [0.4, 0.5) is 11.4 Å². The topological polar surface area (TPSA) is 173 Å². The maximum absolute atomic E-state index is 14.3. The number of carbonyl (C=O) groups excluding carboxylic acids is 2. The van der Waals surface area contributed by atoms with E-state index >= 15 is 0 Å². The summed E-state index contributed by atoms with van der Waals surface area (Å²) in [5, 5.41) is 24.3. The summed E-state index contributed by atoms with van der Waals surface area (Å²) < 4.78 is 16.9. The van der Waals surface area contributed by atoms with E-state index in [-0.39, 0.29) is 63.8 Å². The highest BCUT2D eigenvalue weighted by Crippen LogP contribution is 2.47. The van der Waals surface area contributed by atoms with Gasteiger partial charge < -0.3 is 25.3 Å². The van der Waals surface area contributed by atoms with Gasteiger partial charge in [-0.1, -0.05) is 60.7 Å². The molecule has 0 atom stereocenters. The average Bonchev–Trinajstić information content (AvgIpc) is 3.64. The van der Waals surface area contributed by atoms with Crippen molar-refractivity contribution in [2.75, 3.05) is 30.9 Å². The Morgan fingerprint density at radius 1 is 0.755 bits per heavy atom. The molecule has 6 aromatic rings. The predicted molar refractivity (Wildman–Crippen MR) is 190 cm³/mol. The zero-order chi connectivity index (χ0) is 34.7. The molecule has 2 aromatic carbocycles. The van der Waals surface area contributed by atoms with E-state index in [0.717, 1.165) is 22.7 Å². The molecule has 0 aliphatic carbocycles. The number of amides is 1. The van der Waals surface area contributed by atoms with Crippen LogP contribution < -0.4 is 20.5 Å². The third-order valence-electron chi connectivity index (χ3n) is 7.47. The molecule has 0 radical (unpaired) electrons. The van der Waals surface area contributed by atoms with Gasteiger partial charge in [0.2, 0.25) is 11.8 Å². The van der Waals surface area contributed by atoms with Crippen LogP contribution >= 0.6 is 22.7 Å². The van der Waals surface area contributed by atoms with Crippen LogP contribution in [0.15, 0.2) is 60.7 Å². The molecule has 0 aliphatic heterocycles. The smallest absolute Gasteiger partial charge is 0.350 e. The van der Waals surface area contributed by atoms with E-state index in [4.69, 9.17) is 19.9 Å². The van der Waals surface area contributed by atoms with Gasteiger partial charge in [0.05, 0.1) is 31.2 Å². The molecule has 0 aliphatic rings. The van der Waals surface area contributed by atoms with Crippen LogP contribution in [0.3, 0.4) is 0 Å². The fourth-order valence-corrected chi connectivity index (χ4v) is 7.53. The number of nitrogen functional groups attached to an aromatic ring is 1. The van der Waals surface area contributed by atoms with Crippen molar-refractivity contribution >= 4 is 66.4 Å². The van der Waals surface area contributed by atoms with Crippen LogP contribution in [-0.2, 0) is 4.74 Å². The molecule has 4 heterocycles. The molecule has 6 rings (SSSR count). The number of thiophene rings is 2. The van der Waals surface area contributed by atoms with Crippen molar-refractivity contribution in [1.29, 1.82) is 10.5 Å². The molecule has 49 heavy (non-hydrogen) atoms. The number of benzene rings is 2. The van der Waals surface area contributed by atoms with Crippen molar-refractivity contribution in [3.8, 4) is 46.2 Å². The SMILES string of the molecule is CCOC(=O)c1sc2nc(OCC)c(C#N)c(-c3ccccc3)c2c1NC(=O)c1sc2nc(OCC)c(C#N)c(-c3ccccc3)c2c1N. The molecule has 0 unspecified atom stereocenters. The van der Waals surface area contributed by atoms with E-state index < -0.39 is 11.9 Å². The summed E-state index contributed by atoms with van der Waals surface area (Å²) in [4.78, 5) is 37.8. The molecule has 1 amide bonds. The van der Waals surface area contributed by atoms with Crippen molar-refractivity contribution in [2.24, 2.45) is 0 Å². The summed E-state index contributed by atoms with van der Waals surface area (Å²) in [6, 6.07) is 22.8. The molecule has 11 nitrogen and oxygen atoms in total. The highest BCUT2D eigenvalue weighted by atomic mass is 32.1. The molecule has 0 bridgehead atoms. The van der Waals surface area contributed by atoms with Crippen molar-refractivity contribution in [1.82, 2.24) is 9.97 Å². The number of pyridine rings is 2. The van der Waals surface area contributed by atoms with Crippen LogP contribution in [0.25, 0.3) is 42.7 Å². The van der Waals surface area contributed by atoms with Gasteiger partial charge in [-0.3, -0.25) is 4.79 Å². The third kappa shape index (κ3) is 5.86. The molecule has 3 N–H and O–H groups in total. The van der Waals surface area contributed by atoms with E-state index in [0.29, 0.717) is 42.7 Å². The van der Waals surface area contributed by atoms with E-state index in [1.807, 2.05) is 60.7 Å². The van der Waals surface area contributed by atoms with Gasteiger partial charge in [0.1, 0.15) is 42.7 Å². The minimum Gasteiger partial charge on any atom is -0.477 e. The fourth-order valence-electron chi connectivity index (χ4n) is 5.52. The van der Waals surface area contributed by atoms with E-state index in [1.54, 1.807) is 20.8 Å². The Morgan fingerprint density at radius 3 is 1.73 bits per heavy atom. The number of carbonyl (C=O) groups is 2. The number of fused-ring (bicyclic) bond motifs is 2. The second kappa shape index (κ2) is 14.0. The molecule has 4 aromatic heterocycles. The summed E-state index contributed by atoms with van der Waals surface area (Å²) in [5.74, 6) is -1.07. The second-order valence-corrected chi connectivity index (χ2v) is 12.3. The first-order chi connectivity index (χ1) is 23.9. The normalized spacial score (nSPS) is 10.8. The standard InChI is InChI=1S/C36H28N6O5S2/c1-4-45-32-21(17-37)23(19-13-9-7-10-14-19)25-27(39)29(48-34(25)41-32)31(43)40-28-26-24(20-15-11-8-12-16-20)22(18-38)33(46-5-2)42-35(26)49-30(28)36(44)47-6-3/h7-16H,4-6,39H2,1-3H3,(H,40,43). The van der Waals surface area contributed by atoms with Crippen molar-refractivity contribution in [3.63, 3.8) is 0 Å². The number of anilines is 2. The van der Waals surface area contributed by atoms with Gasteiger partial charge in [-0.05, 0) is 31.9 Å². The Morgan fingerprint density at radius 2 is 1.24 bits per heavy atom. The zero-order valence-electron chi connectivity index (χ0n) is 26.6. The number of hydrogen-bond donors (Lipinski definition) is 2. The Bertz CT molecular complexity index is 2320. The Hall–Kier alpha value is -6.02. The van der Waals surface area contributed by atoms with Gasteiger partial charge in [-0.2, -0.15) is 10.5 Å². The van der Waals surface area contributed by atoms with Crippen LogP contribution in [0, 0.1) is 22.7 Å². The number of nitrogens with two attached hydrogens (primary N) is 1. The van der Waals surface area contributed by atoms with Crippen molar-refractivity contribution in [3.05, 3.63) is 81.5 Å². The second-order valence-electron chi connectivity index (χ2n) is 10.3. The number of nitrogens with one attached hydrogen (secondary N) is 1. The van der Waals surface area contributed by atoms with Gasteiger partial charge in [-0.15, -0.1) is 22.7 Å². The lowest BCUT2D eigenvalue weighted by molar-refractivity contribution is 0.0533. The predicted octanol–water partition coefficient (Wildman–Crippen LogP) is 7.79. The summed E-state index contributed by atoms with van der Waals surface area (Å²) in [6.07, 6.45) is 0. The summed E-state index contributed by atoms with van der Waals surface area (Å²) >= 11 is 2.05. The van der Waals surface area contributed by atoms with E-state index in [9.17, 15) is 20.1 Å². The van der Waals surface area contributed by atoms with Gasteiger partial charge >= 0.3 is 5.97 Å². The van der Waals surface area contributed by atoms with E-state index in [2.05, 4.69) is 27.4 Å². The fraction of sp³-hybridized carbons (Fsp3) is 0.167. The lowest BCUT2D eigenvalue weighted by Gasteiger charge is -2.13. The van der Waals surface area contributed by atoms with E-state index in [1.165, 1.54) is 0 Å². The Labute approximate surface area is 289 Å². The van der Waals surface area contributed by atoms with Crippen molar-refractivity contribution in [2.45, 2.75) is 20.8 Å². The lowest BCUT2D eigenvalue weighted by atomic mass is 9.97. The first kappa shape index (κ1) is 32.9. The molecular formula is C36H28N6O5S2. The number of ether oxygens (including phenoxy) is 3. The number of rotatable bonds is 10. The molecule has 0 fully saturated rings. The van der Waals surface area contributed by atoms with Crippen LogP contribution in [0.5, 0.6) is 11.8 Å². The monoisotopic (exact) mass is 688 g/mol. The minimum absolute atomic E-state index is 0.0839. The zero-order valence-corrected chi connectivity index (χ0v) is 28.3. The summed E-state index contributed by atoms with van der Waals surface area (Å²) in [6.45, 7) is 5.86. The van der Waals surface area contributed by atoms with Crippen LogP contribution in [0.1, 0.15) is 51.2 Å². The summed E-state index contributed by atoms with van der Waals surface area (Å²) in [7, 11) is 0. The van der Waals surface area contributed by atoms with Crippen molar-refractivity contribution < 1.29 is 23.8 Å². The molecular weight excluding hydrogens is 661 g/mol. The molecule has 0 spiro atoms. The maximum atomic E-state index is 14.3. The average molecular weight is 689 g/mol. The minimum atomic E-state index is -0.673. The van der Waals surface area contributed by atoms with Gasteiger partial charge in [0, 0.05) is 21.9 Å². The third-order valence-corrected chi connectivity index (χ3v) is 9.63. The quantitative estimate of drug-likeness (QED) is 0.135. The number of esters is 1. The molecule has 244 valence electrons. The molecule has 0 saturated carbocycles. The Kier molecular flexibility index (Phi) is 9.40. The number of nitriles is 2. The number of nitrogens with zero attached hydrogens (tertiary/aromatic N) is 4. The number of aromatic nitrogens is 2. The first-order valence-electron chi connectivity index (χ1n) is 15.3. The van der Waals surface area contributed by atoms with Gasteiger partial charge in [0.15, 0.2) is 0 Å². The highest BCUT2D eigenvalue weighted by Gasteiger charge is 2.31. The summed E-state index contributed by atoms with van der Waals surface area (Å²) in [5.41, 5.74) is 9.59. The lowest BCUT2D eigenvalue weighted by Crippen LogP contribution is -2.15. The molecule has 13 heteroatoms. The first-order valence-corrected chi connectivity index (χ1v) is 16.9.